The standard InChI is InChI=1S/C12H20N4O/c1-2-10-11(16-13)14-8-15-12(10)17-9-6-4-3-5-7-9/h8-9H,2-7,13H2,1H3,(H,14,15,16). The number of aromatic nitrogens is 2. The zero-order chi connectivity index (χ0) is 12.1. The van der Waals surface area contributed by atoms with Crippen molar-refractivity contribution in [3.63, 3.8) is 0 Å². The molecule has 1 heterocycles. The lowest BCUT2D eigenvalue weighted by Crippen LogP contribution is -2.21. The van der Waals surface area contributed by atoms with Crippen LogP contribution < -0.4 is 16.0 Å². The second-order valence-corrected chi connectivity index (χ2v) is 4.38. The van der Waals surface area contributed by atoms with Gasteiger partial charge in [-0.15, -0.1) is 0 Å². The topological polar surface area (TPSA) is 73.1 Å². The first kappa shape index (κ1) is 12.1. The number of anilines is 1. The van der Waals surface area contributed by atoms with E-state index >= 15 is 0 Å². The zero-order valence-corrected chi connectivity index (χ0v) is 10.3. The van der Waals surface area contributed by atoms with Crippen LogP contribution in [0, 0.1) is 0 Å². The van der Waals surface area contributed by atoms with E-state index in [-0.39, 0.29) is 0 Å². The average molecular weight is 236 g/mol. The van der Waals surface area contributed by atoms with E-state index in [0.29, 0.717) is 17.8 Å². The van der Waals surface area contributed by atoms with Crippen LogP contribution in [0.4, 0.5) is 5.82 Å². The van der Waals surface area contributed by atoms with E-state index in [2.05, 4.69) is 15.4 Å². The van der Waals surface area contributed by atoms with Crippen LogP contribution in [0.5, 0.6) is 5.88 Å². The van der Waals surface area contributed by atoms with Gasteiger partial charge < -0.3 is 10.2 Å². The van der Waals surface area contributed by atoms with Crippen molar-refractivity contribution in [1.82, 2.24) is 9.97 Å². The lowest BCUT2D eigenvalue weighted by Gasteiger charge is -2.23. The summed E-state index contributed by atoms with van der Waals surface area (Å²) >= 11 is 0. The van der Waals surface area contributed by atoms with E-state index in [1.807, 2.05) is 6.92 Å². The molecule has 0 saturated heterocycles. The molecule has 1 fully saturated rings. The molecule has 1 aromatic rings. The highest BCUT2D eigenvalue weighted by molar-refractivity contribution is 5.47. The lowest BCUT2D eigenvalue weighted by atomic mass is 9.98. The number of ether oxygens (including phenoxy) is 1. The Bertz CT molecular complexity index is 364. The first-order valence-corrected chi connectivity index (χ1v) is 6.32. The Balaban J connectivity index is 2.13. The third-order valence-electron chi connectivity index (χ3n) is 3.23. The predicted molar refractivity (Wildman–Crippen MR) is 66.7 cm³/mol. The Hall–Kier alpha value is -1.36. The molecular formula is C12H20N4O. The fourth-order valence-electron chi connectivity index (χ4n) is 2.28. The van der Waals surface area contributed by atoms with Gasteiger partial charge >= 0.3 is 0 Å². The largest absolute Gasteiger partial charge is 0.474 e. The van der Waals surface area contributed by atoms with Gasteiger partial charge in [-0.1, -0.05) is 13.3 Å². The number of hydrazine groups is 1. The van der Waals surface area contributed by atoms with Gasteiger partial charge in [-0.2, -0.15) is 0 Å². The molecule has 0 radical (unpaired) electrons. The van der Waals surface area contributed by atoms with Gasteiger partial charge in [0.15, 0.2) is 0 Å². The van der Waals surface area contributed by atoms with Crippen molar-refractivity contribution >= 4 is 5.82 Å². The van der Waals surface area contributed by atoms with Crippen molar-refractivity contribution < 1.29 is 4.74 Å². The lowest BCUT2D eigenvalue weighted by molar-refractivity contribution is 0.147. The molecule has 5 nitrogen and oxygen atoms in total. The summed E-state index contributed by atoms with van der Waals surface area (Å²) in [5.41, 5.74) is 3.55. The van der Waals surface area contributed by atoms with Gasteiger partial charge in [0.05, 0.1) is 5.56 Å². The Morgan fingerprint density at radius 2 is 2.12 bits per heavy atom. The van der Waals surface area contributed by atoms with Crippen LogP contribution in [0.25, 0.3) is 0 Å². The molecule has 0 bridgehead atoms. The molecule has 5 heteroatoms. The molecule has 0 unspecified atom stereocenters. The van der Waals surface area contributed by atoms with Crippen LogP contribution in [0.2, 0.25) is 0 Å². The summed E-state index contributed by atoms with van der Waals surface area (Å²) in [4.78, 5) is 8.32. The predicted octanol–water partition coefficient (Wildman–Crippen LogP) is 2.04. The molecule has 1 aromatic heterocycles. The highest BCUT2D eigenvalue weighted by Crippen LogP contribution is 2.27. The summed E-state index contributed by atoms with van der Waals surface area (Å²) in [5.74, 6) is 6.78. The molecule has 2 rings (SSSR count). The smallest absolute Gasteiger partial charge is 0.222 e. The van der Waals surface area contributed by atoms with E-state index in [9.17, 15) is 0 Å². The molecule has 0 amide bonds. The van der Waals surface area contributed by atoms with E-state index in [4.69, 9.17) is 10.6 Å². The number of rotatable bonds is 4. The van der Waals surface area contributed by atoms with Crippen LogP contribution in [-0.2, 0) is 6.42 Å². The van der Waals surface area contributed by atoms with Crippen molar-refractivity contribution in [2.24, 2.45) is 5.84 Å². The zero-order valence-electron chi connectivity index (χ0n) is 10.3. The summed E-state index contributed by atoms with van der Waals surface area (Å²) in [6, 6.07) is 0. The molecule has 1 aliphatic carbocycles. The number of nitrogens with zero attached hydrogens (tertiary/aromatic N) is 2. The SMILES string of the molecule is CCc1c(NN)ncnc1OC1CCCCC1. The van der Waals surface area contributed by atoms with Crippen LogP contribution in [-0.4, -0.2) is 16.1 Å². The third-order valence-corrected chi connectivity index (χ3v) is 3.23. The third kappa shape index (κ3) is 2.85. The molecule has 3 N–H and O–H groups in total. The Morgan fingerprint density at radius 3 is 2.76 bits per heavy atom. The minimum absolute atomic E-state index is 0.301. The summed E-state index contributed by atoms with van der Waals surface area (Å²) in [5, 5.41) is 0. The summed E-state index contributed by atoms with van der Waals surface area (Å²) in [7, 11) is 0. The van der Waals surface area contributed by atoms with E-state index in [0.717, 1.165) is 24.8 Å². The molecule has 1 aliphatic rings. The van der Waals surface area contributed by atoms with E-state index < -0.39 is 0 Å². The Labute approximate surface area is 102 Å². The number of hydrogen-bond acceptors (Lipinski definition) is 5. The number of nitrogens with one attached hydrogen (secondary N) is 1. The Kier molecular flexibility index (Phi) is 4.14. The number of nitrogen functional groups attached to an aromatic ring is 1. The first-order chi connectivity index (χ1) is 8.35. The van der Waals surface area contributed by atoms with Gasteiger partial charge in [-0.05, 0) is 32.1 Å². The van der Waals surface area contributed by atoms with Gasteiger partial charge in [0.2, 0.25) is 5.88 Å². The minimum Gasteiger partial charge on any atom is -0.474 e. The number of hydrogen-bond donors (Lipinski definition) is 2. The van der Waals surface area contributed by atoms with Crippen LogP contribution >= 0.6 is 0 Å². The highest BCUT2D eigenvalue weighted by atomic mass is 16.5. The molecule has 17 heavy (non-hydrogen) atoms. The second kappa shape index (κ2) is 5.82. The summed E-state index contributed by atoms with van der Waals surface area (Å²) < 4.78 is 5.97. The van der Waals surface area contributed by atoms with Crippen LogP contribution in [0.15, 0.2) is 6.33 Å². The van der Waals surface area contributed by atoms with Gasteiger partial charge in [0.1, 0.15) is 18.2 Å². The maximum absolute atomic E-state index is 5.97. The molecule has 0 spiro atoms. The Morgan fingerprint density at radius 1 is 1.35 bits per heavy atom. The number of nitrogens with two attached hydrogens (primary N) is 1. The molecule has 0 atom stereocenters. The van der Waals surface area contributed by atoms with Gasteiger partial charge in [-0.3, -0.25) is 0 Å². The first-order valence-electron chi connectivity index (χ1n) is 6.32. The normalized spacial score (nSPS) is 16.8. The molecule has 94 valence electrons. The summed E-state index contributed by atoms with van der Waals surface area (Å²) in [6.07, 6.45) is 8.67. The van der Waals surface area contributed by atoms with Crippen molar-refractivity contribution in [2.45, 2.75) is 51.6 Å². The molecule has 0 aromatic carbocycles. The monoisotopic (exact) mass is 236 g/mol. The van der Waals surface area contributed by atoms with Gasteiger partial charge in [0, 0.05) is 0 Å². The maximum atomic E-state index is 5.97. The highest BCUT2D eigenvalue weighted by Gasteiger charge is 2.18. The summed E-state index contributed by atoms with van der Waals surface area (Å²) in [6.45, 7) is 2.05. The van der Waals surface area contributed by atoms with Crippen molar-refractivity contribution in [3.05, 3.63) is 11.9 Å². The van der Waals surface area contributed by atoms with Crippen molar-refractivity contribution in [3.8, 4) is 5.88 Å². The molecule has 0 aliphatic heterocycles. The maximum Gasteiger partial charge on any atom is 0.222 e. The fraction of sp³-hybridized carbons (Fsp3) is 0.667. The van der Waals surface area contributed by atoms with Crippen LogP contribution in [0.1, 0.15) is 44.6 Å². The van der Waals surface area contributed by atoms with Gasteiger partial charge in [0.25, 0.3) is 0 Å². The average Bonchev–Trinajstić information content (AvgIpc) is 2.39. The molecule has 1 saturated carbocycles. The molecular weight excluding hydrogens is 216 g/mol. The van der Waals surface area contributed by atoms with Crippen molar-refractivity contribution in [2.75, 3.05) is 5.43 Å². The van der Waals surface area contributed by atoms with Gasteiger partial charge in [-0.25, -0.2) is 15.8 Å². The van der Waals surface area contributed by atoms with E-state index in [1.165, 1.54) is 25.6 Å². The second-order valence-electron chi connectivity index (χ2n) is 4.38. The van der Waals surface area contributed by atoms with Crippen molar-refractivity contribution in [1.29, 1.82) is 0 Å². The minimum atomic E-state index is 0.301. The quantitative estimate of drug-likeness (QED) is 0.618. The van der Waals surface area contributed by atoms with Crippen LogP contribution in [0.3, 0.4) is 0 Å². The van der Waals surface area contributed by atoms with E-state index in [1.54, 1.807) is 0 Å². The fourth-order valence-corrected chi connectivity index (χ4v) is 2.28.